The van der Waals surface area contributed by atoms with Crippen LogP contribution in [0.4, 0.5) is 0 Å². The molecule has 3 heteroatoms. The lowest BCUT2D eigenvalue weighted by molar-refractivity contribution is 0.345. The molecule has 0 saturated carbocycles. The summed E-state index contributed by atoms with van der Waals surface area (Å²) in [6.07, 6.45) is 0. The van der Waals surface area contributed by atoms with Gasteiger partial charge in [0.15, 0.2) is 0 Å². The molecule has 0 spiro atoms. The molecular weight excluding hydrogens is 212 g/mol. The van der Waals surface area contributed by atoms with Crippen molar-refractivity contribution in [3.63, 3.8) is 0 Å². The van der Waals surface area contributed by atoms with Gasteiger partial charge < -0.3 is 4.74 Å². The Bertz CT molecular complexity index is 460. The monoisotopic (exact) mass is 224 g/mol. The highest BCUT2D eigenvalue weighted by molar-refractivity contribution is 7.80. The number of hydrogen-bond donors (Lipinski definition) is 1. The molecule has 0 aliphatic heterocycles. The number of ether oxygens (including phenoxy) is 1. The Kier molecular flexibility index (Phi) is 2.70. The van der Waals surface area contributed by atoms with E-state index in [9.17, 15) is 0 Å². The molecule has 2 rings (SSSR count). The zero-order valence-electron chi connectivity index (χ0n) is 8.20. The van der Waals surface area contributed by atoms with Crippen molar-refractivity contribution in [2.45, 2.75) is 18.7 Å². The second kappa shape index (κ2) is 3.83. The van der Waals surface area contributed by atoms with E-state index in [2.05, 4.69) is 31.7 Å². The summed E-state index contributed by atoms with van der Waals surface area (Å²) in [5.74, 6) is 0.959. The Hall–Kier alpha value is -0.670. The predicted octanol–water partition coefficient (Wildman–Crippen LogP) is 3.90. The van der Waals surface area contributed by atoms with Gasteiger partial charge in [-0.1, -0.05) is 6.07 Å². The second-order valence-corrected chi connectivity index (χ2v) is 4.50. The smallest absolute Gasteiger partial charge is 0.138 e. The molecule has 0 atom stereocenters. The van der Waals surface area contributed by atoms with Crippen LogP contribution in [0.3, 0.4) is 0 Å². The molecule has 0 aliphatic carbocycles. The average molecular weight is 224 g/mol. The van der Waals surface area contributed by atoms with E-state index in [1.165, 1.54) is 10.3 Å². The van der Waals surface area contributed by atoms with Crippen molar-refractivity contribution in [2.75, 3.05) is 6.61 Å². The largest absolute Gasteiger partial charge is 0.492 e. The minimum Gasteiger partial charge on any atom is -0.492 e. The molecule has 0 N–H and O–H groups in total. The van der Waals surface area contributed by atoms with E-state index >= 15 is 0 Å². The van der Waals surface area contributed by atoms with Crippen LogP contribution in [0.1, 0.15) is 12.5 Å². The number of benzene rings is 1. The van der Waals surface area contributed by atoms with Gasteiger partial charge in [0.1, 0.15) is 5.75 Å². The van der Waals surface area contributed by atoms with Gasteiger partial charge >= 0.3 is 0 Å². The Morgan fingerprint density at radius 1 is 1.43 bits per heavy atom. The van der Waals surface area contributed by atoms with Crippen molar-refractivity contribution in [1.29, 1.82) is 0 Å². The number of aryl methyl sites for hydroxylation is 1. The van der Waals surface area contributed by atoms with Crippen LogP contribution in [0.5, 0.6) is 5.75 Å². The lowest BCUT2D eigenvalue weighted by atomic mass is 10.2. The normalized spacial score (nSPS) is 10.8. The Labute approximate surface area is 93.1 Å². The van der Waals surface area contributed by atoms with Gasteiger partial charge in [0.05, 0.1) is 6.61 Å². The summed E-state index contributed by atoms with van der Waals surface area (Å²) in [7, 11) is 0. The second-order valence-electron chi connectivity index (χ2n) is 3.14. The Balaban J connectivity index is 2.69. The highest BCUT2D eigenvalue weighted by Gasteiger charge is 2.09. The van der Waals surface area contributed by atoms with Crippen molar-refractivity contribution in [1.82, 2.24) is 0 Å². The maximum atomic E-state index is 5.56. The number of hydrogen-bond acceptors (Lipinski definition) is 3. The summed E-state index contributed by atoms with van der Waals surface area (Å²) in [5, 5.41) is 3.20. The van der Waals surface area contributed by atoms with Crippen LogP contribution in [-0.4, -0.2) is 6.61 Å². The first-order valence-corrected chi connectivity index (χ1v) is 5.89. The summed E-state index contributed by atoms with van der Waals surface area (Å²) < 4.78 is 6.80. The summed E-state index contributed by atoms with van der Waals surface area (Å²) in [4.78, 5) is 1.03. The number of fused-ring (bicyclic) bond motifs is 1. The number of thiophene rings is 1. The molecule has 0 unspecified atom stereocenters. The van der Waals surface area contributed by atoms with Crippen molar-refractivity contribution in [3.8, 4) is 5.75 Å². The first kappa shape index (κ1) is 9.87. The molecule has 0 radical (unpaired) electrons. The van der Waals surface area contributed by atoms with Gasteiger partial charge in [-0.15, -0.1) is 24.0 Å². The van der Waals surface area contributed by atoms with E-state index in [1.807, 2.05) is 12.3 Å². The highest BCUT2D eigenvalue weighted by atomic mass is 32.1. The molecule has 0 amide bonds. The molecule has 2 aromatic rings. The van der Waals surface area contributed by atoms with Gasteiger partial charge in [0.25, 0.3) is 0 Å². The third kappa shape index (κ3) is 1.51. The molecular formula is C11H12OS2. The average Bonchev–Trinajstić information content (AvgIpc) is 2.57. The van der Waals surface area contributed by atoms with Crippen LogP contribution in [0.25, 0.3) is 10.1 Å². The molecule has 0 bridgehead atoms. The molecule has 14 heavy (non-hydrogen) atoms. The van der Waals surface area contributed by atoms with Crippen molar-refractivity contribution < 1.29 is 4.74 Å². The summed E-state index contributed by atoms with van der Waals surface area (Å²) in [6, 6.07) is 4.22. The topological polar surface area (TPSA) is 9.23 Å². The van der Waals surface area contributed by atoms with Crippen LogP contribution in [-0.2, 0) is 0 Å². The number of rotatable bonds is 2. The predicted molar refractivity (Wildman–Crippen MR) is 65.0 cm³/mol. The summed E-state index contributed by atoms with van der Waals surface area (Å²) in [6.45, 7) is 4.76. The quantitative estimate of drug-likeness (QED) is 0.761. The first-order valence-electron chi connectivity index (χ1n) is 4.56. The molecule has 1 aromatic carbocycles. The van der Waals surface area contributed by atoms with Gasteiger partial charge in [-0.2, -0.15) is 0 Å². The van der Waals surface area contributed by atoms with E-state index < -0.39 is 0 Å². The third-order valence-electron chi connectivity index (χ3n) is 2.18. The zero-order chi connectivity index (χ0) is 10.1. The van der Waals surface area contributed by atoms with Crippen molar-refractivity contribution in [3.05, 3.63) is 23.1 Å². The third-order valence-corrected chi connectivity index (χ3v) is 3.68. The molecule has 0 fully saturated rings. The van der Waals surface area contributed by atoms with Crippen LogP contribution in [0, 0.1) is 6.92 Å². The molecule has 0 saturated heterocycles. The Morgan fingerprint density at radius 3 is 2.93 bits per heavy atom. The van der Waals surface area contributed by atoms with E-state index in [0.29, 0.717) is 6.61 Å². The zero-order valence-corrected chi connectivity index (χ0v) is 9.91. The highest BCUT2D eigenvalue weighted by Crippen LogP contribution is 2.37. The van der Waals surface area contributed by atoms with Gasteiger partial charge in [-0.25, -0.2) is 0 Å². The van der Waals surface area contributed by atoms with E-state index in [4.69, 9.17) is 4.74 Å². The molecule has 0 aliphatic rings. The first-order chi connectivity index (χ1) is 6.74. The lowest BCUT2D eigenvalue weighted by Gasteiger charge is -2.04. The van der Waals surface area contributed by atoms with Crippen LogP contribution >= 0.6 is 24.0 Å². The van der Waals surface area contributed by atoms with Gasteiger partial charge in [-0.3, -0.25) is 0 Å². The molecule has 1 heterocycles. The van der Waals surface area contributed by atoms with E-state index in [0.717, 1.165) is 16.0 Å². The number of thiol groups is 1. The lowest BCUT2D eigenvalue weighted by Crippen LogP contribution is -1.90. The van der Waals surface area contributed by atoms with Gasteiger partial charge in [-0.05, 0) is 25.5 Å². The van der Waals surface area contributed by atoms with E-state index in [-0.39, 0.29) is 0 Å². The van der Waals surface area contributed by atoms with Crippen LogP contribution in [0.2, 0.25) is 0 Å². The molecule has 1 aromatic heterocycles. The van der Waals surface area contributed by atoms with Crippen LogP contribution in [0.15, 0.2) is 22.4 Å². The maximum absolute atomic E-state index is 5.56. The van der Waals surface area contributed by atoms with Crippen molar-refractivity contribution in [2.24, 2.45) is 0 Å². The fraction of sp³-hybridized carbons (Fsp3) is 0.273. The standard InChI is InChI=1S/C11H12OS2/c1-3-12-8-6-14-9-5-4-7(2)11(13)10(8)9/h4-6,13H,3H2,1-2H3. The van der Waals surface area contributed by atoms with Crippen LogP contribution < -0.4 is 4.74 Å². The summed E-state index contributed by atoms with van der Waals surface area (Å²) in [5.41, 5.74) is 1.19. The molecule has 1 nitrogen and oxygen atoms in total. The Morgan fingerprint density at radius 2 is 2.21 bits per heavy atom. The van der Waals surface area contributed by atoms with E-state index in [1.54, 1.807) is 11.3 Å². The summed E-state index contributed by atoms with van der Waals surface area (Å²) >= 11 is 6.22. The molecule has 74 valence electrons. The van der Waals surface area contributed by atoms with Gasteiger partial charge in [0.2, 0.25) is 0 Å². The van der Waals surface area contributed by atoms with Crippen molar-refractivity contribution >= 4 is 34.1 Å². The fourth-order valence-corrected chi connectivity index (χ4v) is 2.72. The maximum Gasteiger partial charge on any atom is 0.138 e. The minimum atomic E-state index is 0.701. The SMILES string of the molecule is CCOc1csc2ccc(C)c(S)c12. The van der Waals surface area contributed by atoms with Gasteiger partial charge in [0, 0.05) is 20.4 Å². The minimum absolute atomic E-state index is 0.701. The fourth-order valence-electron chi connectivity index (χ4n) is 1.45.